The van der Waals surface area contributed by atoms with Crippen LogP contribution in [0, 0.1) is 0 Å². The molecule has 0 aromatic rings. The molecule has 6 nitrogen and oxygen atoms in total. The normalized spacial score (nSPS) is 12.6. The van der Waals surface area contributed by atoms with Crippen LogP contribution in [0.1, 0.15) is 290 Å². The first kappa shape index (κ1) is 65.8. The van der Waals surface area contributed by atoms with E-state index in [0.29, 0.717) is 19.3 Å². The molecule has 0 aliphatic rings. The Labute approximate surface area is 427 Å². The van der Waals surface area contributed by atoms with Gasteiger partial charge < -0.3 is 14.2 Å². The molecule has 0 fully saturated rings. The Morgan fingerprint density at radius 1 is 0.304 bits per heavy atom. The van der Waals surface area contributed by atoms with Gasteiger partial charge in [0.25, 0.3) is 0 Å². The van der Waals surface area contributed by atoms with Crippen molar-refractivity contribution < 1.29 is 28.6 Å². The predicted molar refractivity (Wildman–Crippen MR) is 298 cm³/mol. The summed E-state index contributed by atoms with van der Waals surface area (Å²) in [4.78, 5) is 37.9. The maximum atomic E-state index is 12.8. The predicted octanol–water partition coefficient (Wildman–Crippen LogP) is 19.8. The van der Waals surface area contributed by atoms with Gasteiger partial charge in [-0.05, 0) is 70.6 Å². The molecule has 0 rings (SSSR count). The van der Waals surface area contributed by atoms with Gasteiger partial charge in [-0.3, -0.25) is 14.4 Å². The highest BCUT2D eigenvalue weighted by Crippen LogP contribution is 2.16. The smallest absolute Gasteiger partial charge is 0.306 e. The van der Waals surface area contributed by atoms with Crippen molar-refractivity contribution >= 4 is 17.9 Å². The van der Waals surface area contributed by atoms with Crippen LogP contribution in [0.3, 0.4) is 0 Å². The van der Waals surface area contributed by atoms with Gasteiger partial charge in [0.1, 0.15) is 13.2 Å². The van der Waals surface area contributed by atoms with E-state index in [9.17, 15) is 14.4 Å². The highest BCUT2D eigenvalue weighted by molar-refractivity contribution is 5.71. The highest BCUT2D eigenvalue weighted by Gasteiger charge is 2.19. The fraction of sp³-hybridized carbons (Fsp3) is 0.762. The second-order valence-electron chi connectivity index (χ2n) is 19.5. The van der Waals surface area contributed by atoms with Gasteiger partial charge in [0, 0.05) is 19.3 Å². The van der Waals surface area contributed by atoms with Gasteiger partial charge >= 0.3 is 17.9 Å². The molecule has 0 heterocycles. The van der Waals surface area contributed by atoms with E-state index in [0.717, 1.165) is 96.3 Å². The maximum Gasteiger partial charge on any atom is 0.306 e. The quantitative estimate of drug-likeness (QED) is 0.0262. The van der Waals surface area contributed by atoms with Gasteiger partial charge in [-0.15, -0.1) is 0 Å². The molecule has 0 aromatic carbocycles. The van der Waals surface area contributed by atoms with E-state index in [1.165, 1.54) is 154 Å². The van der Waals surface area contributed by atoms with E-state index in [4.69, 9.17) is 14.2 Å². The minimum atomic E-state index is -0.769. The lowest BCUT2D eigenvalue weighted by atomic mass is 10.0. The molecule has 1 unspecified atom stereocenters. The monoisotopic (exact) mass is 963 g/mol. The third-order valence-corrected chi connectivity index (χ3v) is 12.7. The van der Waals surface area contributed by atoms with Gasteiger partial charge in [-0.2, -0.15) is 0 Å². The van der Waals surface area contributed by atoms with Crippen molar-refractivity contribution in [1.29, 1.82) is 0 Å². The molecule has 0 saturated heterocycles. The van der Waals surface area contributed by atoms with Crippen molar-refractivity contribution in [1.82, 2.24) is 0 Å². The average Bonchev–Trinajstić information content (AvgIpc) is 3.35. The standard InChI is InChI=1S/C63H110O6/c1-4-7-10-13-16-19-22-23-24-25-26-27-28-29-30-31-32-33-34-35-36-37-38-39-40-41-42-45-47-50-53-56-62(65)68-59-60(69-63(66)57-54-51-48-44-21-18-15-12-9-6-3)58-67-61(64)55-52-49-46-43-20-17-14-11-8-5-2/h7,10,16,19,23-24,26-27,29-30,32-33,60H,4-6,8-9,11-15,17-18,20-22,25,28,31,34-59H2,1-3H3/b10-7-,19-16-,24-23-,27-26-,30-29-,33-32-. The summed E-state index contributed by atoms with van der Waals surface area (Å²) in [5.41, 5.74) is 0. The zero-order chi connectivity index (χ0) is 50.0. The lowest BCUT2D eigenvalue weighted by molar-refractivity contribution is -0.167. The lowest BCUT2D eigenvalue weighted by Gasteiger charge is -2.18. The first-order valence-electron chi connectivity index (χ1n) is 29.4. The van der Waals surface area contributed by atoms with Crippen LogP contribution in [0.15, 0.2) is 72.9 Å². The molecule has 0 bridgehead atoms. The molecule has 6 heteroatoms. The number of hydrogen-bond acceptors (Lipinski definition) is 6. The largest absolute Gasteiger partial charge is 0.462 e. The van der Waals surface area contributed by atoms with Gasteiger partial charge in [0.05, 0.1) is 0 Å². The fourth-order valence-corrected chi connectivity index (χ4v) is 8.33. The van der Waals surface area contributed by atoms with Crippen LogP contribution in [0.4, 0.5) is 0 Å². The summed E-state index contributed by atoms with van der Waals surface area (Å²) in [6.45, 7) is 6.51. The summed E-state index contributed by atoms with van der Waals surface area (Å²) in [6, 6.07) is 0. The van der Waals surface area contributed by atoms with Crippen LogP contribution in [0.5, 0.6) is 0 Å². The number of hydrogen-bond donors (Lipinski definition) is 0. The Bertz CT molecular complexity index is 1290. The molecule has 0 aliphatic heterocycles. The summed E-state index contributed by atoms with van der Waals surface area (Å²) in [5.74, 6) is -0.867. The summed E-state index contributed by atoms with van der Waals surface area (Å²) < 4.78 is 16.8. The minimum absolute atomic E-state index is 0.0707. The van der Waals surface area contributed by atoms with E-state index in [2.05, 4.69) is 93.7 Å². The van der Waals surface area contributed by atoms with Crippen LogP contribution in [0.25, 0.3) is 0 Å². The molecule has 0 aromatic heterocycles. The number of unbranched alkanes of at least 4 members (excludes halogenated alkanes) is 30. The van der Waals surface area contributed by atoms with Crippen LogP contribution in [0.2, 0.25) is 0 Å². The number of carbonyl (C=O) groups excluding carboxylic acids is 3. The first-order chi connectivity index (χ1) is 34.0. The van der Waals surface area contributed by atoms with E-state index < -0.39 is 6.10 Å². The summed E-state index contributed by atoms with van der Waals surface area (Å²) in [7, 11) is 0. The Balaban J connectivity index is 4.08. The molecule has 0 N–H and O–H groups in total. The van der Waals surface area contributed by atoms with Gasteiger partial charge in [0.2, 0.25) is 0 Å². The fourth-order valence-electron chi connectivity index (χ4n) is 8.33. The molecule has 0 radical (unpaired) electrons. The molecule has 0 aliphatic carbocycles. The summed E-state index contributed by atoms with van der Waals surface area (Å²) in [5, 5.41) is 0. The number of rotatable bonds is 53. The Morgan fingerprint density at radius 3 is 0.884 bits per heavy atom. The molecule has 0 amide bonds. The molecular weight excluding hydrogens is 853 g/mol. The summed E-state index contributed by atoms with van der Waals surface area (Å²) >= 11 is 0. The van der Waals surface area contributed by atoms with E-state index >= 15 is 0 Å². The highest BCUT2D eigenvalue weighted by atomic mass is 16.6. The first-order valence-corrected chi connectivity index (χ1v) is 29.4. The van der Waals surface area contributed by atoms with Gasteiger partial charge in [-0.25, -0.2) is 0 Å². The van der Waals surface area contributed by atoms with Crippen molar-refractivity contribution in [3.05, 3.63) is 72.9 Å². The molecule has 0 saturated carbocycles. The van der Waals surface area contributed by atoms with Crippen molar-refractivity contribution in [3.63, 3.8) is 0 Å². The molecule has 69 heavy (non-hydrogen) atoms. The van der Waals surface area contributed by atoms with E-state index in [1.54, 1.807) is 0 Å². The van der Waals surface area contributed by atoms with E-state index in [1.807, 2.05) is 0 Å². The SMILES string of the molecule is CC/C=C\C/C=C\C/C=C\C/C=C\C/C=C\C/C=C\CCCCCCCCCCCCCCC(=O)OCC(COC(=O)CCCCCCCCCCCC)OC(=O)CCCCCCCCCCCC. The molecule has 1 atom stereocenters. The van der Waals surface area contributed by atoms with E-state index in [-0.39, 0.29) is 31.1 Å². The number of esters is 3. The Morgan fingerprint density at radius 2 is 0.565 bits per heavy atom. The molecule has 0 spiro atoms. The van der Waals surface area contributed by atoms with Gasteiger partial charge in [0.15, 0.2) is 6.10 Å². The molecular formula is C63H110O6. The van der Waals surface area contributed by atoms with Crippen molar-refractivity contribution in [2.24, 2.45) is 0 Å². The van der Waals surface area contributed by atoms with Gasteiger partial charge in [-0.1, -0.05) is 273 Å². The Kier molecular flexibility index (Phi) is 54.8. The van der Waals surface area contributed by atoms with Crippen LogP contribution >= 0.6 is 0 Å². The number of carbonyl (C=O) groups is 3. The second kappa shape index (κ2) is 57.4. The topological polar surface area (TPSA) is 78.9 Å². The third-order valence-electron chi connectivity index (χ3n) is 12.7. The van der Waals surface area contributed by atoms with Crippen LogP contribution < -0.4 is 0 Å². The second-order valence-corrected chi connectivity index (χ2v) is 19.5. The number of allylic oxidation sites excluding steroid dienone is 12. The molecule has 398 valence electrons. The van der Waals surface area contributed by atoms with Crippen LogP contribution in [-0.4, -0.2) is 37.2 Å². The zero-order valence-electron chi connectivity index (χ0n) is 45.6. The maximum absolute atomic E-state index is 12.8. The average molecular weight is 964 g/mol. The summed E-state index contributed by atoms with van der Waals surface area (Å²) in [6.07, 6.45) is 73.4. The lowest BCUT2D eigenvalue weighted by Crippen LogP contribution is -2.30. The van der Waals surface area contributed by atoms with Crippen molar-refractivity contribution in [3.8, 4) is 0 Å². The number of ether oxygens (including phenoxy) is 3. The van der Waals surface area contributed by atoms with Crippen molar-refractivity contribution in [2.45, 2.75) is 297 Å². The van der Waals surface area contributed by atoms with Crippen molar-refractivity contribution in [2.75, 3.05) is 13.2 Å². The Hall–Kier alpha value is -3.15. The minimum Gasteiger partial charge on any atom is -0.462 e. The third kappa shape index (κ3) is 55.6. The zero-order valence-corrected chi connectivity index (χ0v) is 45.6. The van der Waals surface area contributed by atoms with Crippen LogP contribution in [-0.2, 0) is 28.6 Å².